The number of aromatic amines is 1. The summed E-state index contributed by atoms with van der Waals surface area (Å²) in [5.74, 6) is 0.465. The molecule has 8 nitrogen and oxygen atoms in total. The number of rotatable bonds is 3. The Morgan fingerprint density at radius 1 is 1.23 bits per heavy atom. The molecule has 0 aliphatic heterocycles. The second kappa shape index (κ2) is 5.92. The molecule has 0 unspecified atom stereocenters. The van der Waals surface area contributed by atoms with Crippen molar-refractivity contribution in [3.63, 3.8) is 0 Å². The molecular weight excluding hydrogens is 336 g/mol. The highest BCUT2D eigenvalue weighted by atomic mass is 16.5. The molecule has 2 heterocycles. The van der Waals surface area contributed by atoms with E-state index in [1.54, 1.807) is 19.2 Å². The van der Waals surface area contributed by atoms with Gasteiger partial charge in [0.25, 0.3) is 5.56 Å². The van der Waals surface area contributed by atoms with Gasteiger partial charge in [0.05, 0.1) is 18.8 Å². The van der Waals surface area contributed by atoms with Crippen LogP contribution in [-0.2, 0) is 0 Å². The number of nitrogens with zero attached hydrogens (tertiary/aromatic N) is 3. The van der Waals surface area contributed by atoms with Crippen molar-refractivity contribution in [3.8, 4) is 17.2 Å². The van der Waals surface area contributed by atoms with E-state index in [0.29, 0.717) is 22.3 Å². The van der Waals surface area contributed by atoms with Crippen molar-refractivity contribution in [2.75, 3.05) is 7.11 Å². The van der Waals surface area contributed by atoms with Gasteiger partial charge in [-0.1, -0.05) is 0 Å². The Bertz CT molecular complexity index is 1220. The van der Waals surface area contributed by atoms with Crippen LogP contribution in [0, 0.1) is 0 Å². The van der Waals surface area contributed by atoms with E-state index in [-0.39, 0.29) is 17.1 Å². The largest absolute Gasteiger partial charge is 0.508 e. The number of aromatic nitrogens is 3. The quantitative estimate of drug-likeness (QED) is 0.490. The maximum Gasteiger partial charge on any atom is 0.298 e. The maximum absolute atomic E-state index is 12.7. The Labute approximate surface area is 146 Å². The first-order valence-electron chi connectivity index (χ1n) is 7.70. The first kappa shape index (κ1) is 15.7. The van der Waals surface area contributed by atoms with Crippen LogP contribution in [0.25, 0.3) is 21.9 Å². The summed E-state index contributed by atoms with van der Waals surface area (Å²) in [7, 11) is 1.57. The third-order valence-electron chi connectivity index (χ3n) is 4.03. The average Bonchev–Trinajstić information content (AvgIpc) is 3.01. The molecule has 26 heavy (non-hydrogen) atoms. The summed E-state index contributed by atoms with van der Waals surface area (Å²) in [6.07, 6.45) is 2.63. The summed E-state index contributed by atoms with van der Waals surface area (Å²) >= 11 is 0. The number of fused-ring (bicyclic) bond motifs is 3. The molecule has 0 radical (unpaired) electrons. The Kier molecular flexibility index (Phi) is 3.58. The summed E-state index contributed by atoms with van der Waals surface area (Å²) in [5, 5.41) is 24.0. The molecule has 0 fully saturated rings. The molecule has 0 atom stereocenters. The molecule has 2 aromatic carbocycles. The highest BCUT2D eigenvalue weighted by molar-refractivity contribution is 6.04. The van der Waals surface area contributed by atoms with E-state index in [4.69, 9.17) is 4.74 Å². The number of H-pyrrole nitrogens is 1. The van der Waals surface area contributed by atoms with Crippen LogP contribution >= 0.6 is 0 Å². The fourth-order valence-corrected chi connectivity index (χ4v) is 2.70. The smallest absolute Gasteiger partial charge is 0.298 e. The van der Waals surface area contributed by atoms with E-state index in [2.05, 4.69) is 15.1 Å². The lowest BCUT2D eigenvalue weighted by molar-refractivity contribution is 0.415. The van der Waals surface area contributed by atoms with Crippen LogP contribution in [0.3, 0.4) is 0 Å². The Morgan fingerprint density at radius 3 is 2.85 bits per heavy atom. The zero-order valence-corrected chi connectivity index (χ0v) is 13.7. The third-order valence-corrected chi connectivity index (χ3v) is 4.03. The Morgan fingerprint density at radius 2 is 2.08 bits per heavy atom. The van der Waals surface area contributed by atoms with Crippen molar-refractivity contribution in [1.29, 1.82) is 0 Å². The molecule has 4 rings (SSSR count). The number of phenols is 2. The molecule has 3 N–H and O–H groups in total. The Hall–Kier alpha value is -3.81. The van der Waals surface area contributed by atoms with Gasteiger partial charge in [-0.15, -0.1) is 0 Å². The number of phenolic OH excluding ortho intramolecular Hbond substituents is 2. The zero-order valence-electron chi connectivity index (χ0n) is 13.7. The van der Waals surface area contributed by atoms with Crippen LogP contribution in [-0.4, -0.2) is 38.2 Å². The minimum Gasteiger partial charge on any atom is -0.508 e. The van der Waals surface area contributed by atoms with Gasteiger partial charge in [-0.2, -0.15) is 9.78 Å². The van der Waals surface area contributed by atoms with Crippen molar-refractivity contribution in [2.24, 2.45) is 5.10 Å². The van der Waals surface area contributed by atoms with Crippen molar-refractivity contribution < 1.29 is 14.9 Å². The van der Waals surface area contributed by atoms with E-state index in [1.165, 1.54) is 30.7 Å². The molecule has 0 bridgehead atoms. The van der Waals surface area contributed by atoms with Gasteiger partial charge in [-0.3, -0.25) is 4.79 Å². The molecule has 0 aliphatic carbocycles. The second-order valence-corrected chi connectivity index (χ2v) is 5.64. The van der Waals surface area contributed by atoms with E-state index >= 15 is 0 Å². The minimum atomic E-state index is -0.375. The minimum absolute atomic E-state index is 0.0617. The molecule has 0 saturated carbocycles. The van der Waals surface area contributed by atoms with Crippen molar-refractivity contribution in [3.05, 3.63) is 58.6 Å². The van der Waals surface area contributed by atoms with Crippen LogP contribution in [0.15, 0.2) is 52.6 Å². The van der Waals surface area contributed by atoms with E-state index < -0.39 is 0 Å². The number of hydrogen-bond donors (Lipinski definition) is 3. The first-order chi connectivity index (χ1) is 12.6. The lowest BCUT2D eigenvalue weighted by atomic mass is 10.2. The lowest BCUT2D eigenvalue weighted by Crippen LogP contribution is -2.17. The maximum atomic E-state index is 12.7. The predicted molar refractivity (Wildman–Crippen MR) is 97.2 cm³/mol. The van der Waals surface area contributed by atoms with Crippen LogP contribution in [0.1, 0.15) is 5.56 Å². The molecule has 0 amide bonds. The molecule has 0 spiro atoms. The van der Waals surface area contributed by atoms with Crippen LogP contribution in [0.4, 0.5) is 0 Å². The number of ether oxygens (including phenoxy) is 1. The highest BCUT2D eigenvalue weighted by Crippen LogP contribution is 2.25. The second-order valence-electron chi connectivity index (χ2n) is 5.64. The van der Waals surface area contributed by atoms with Crippen LogP contribution in [0.2, 0.25) is 0 Å². The number of benzene rings is 2. The van der Waals surface area contributed by atoms with Crippen molar-refractivity contribution in [2.45, 2.75) is 0 Å². The molecule has 2 aromatic heterocycles. The van der Waals surface area contributed by atoms with Crippen LogP contribution < -0.4 is 10.3 Å². The zero-order chi connectivity index (χ0) is 18.3. The molecular formula is C18H14N4O4. The first-order valence-corrected chi connectivity index (χ1v) is 7.70. The normalized spacial score (nSPS) is 11.6. The standard InChI is InChI=1S/C18H14N4O4/c1-26-12-4-5-13-14(7-12)21-17-16(13)19-9-22(18(17)25)20-8-10-2-3-11(23)6-15(10)24/h2-9,21,23-24H,1H3/b20-8-. The van der Waals surface area contributed by atoms with Gasteiger partial charge >= 0.3 is 0 Å². The van der Waals surface area contributed by atoms with Crippen LogP contribution in [0.5, 0.6) is 17.2 Å². The topological polar surface area (TPSA) is 113 Å². The number of aromatic hydroxyl groups is 2. The summed E-state index contributed by atoms with van der Waals surface area (Å²) < 4.78 is 6.26. The summed E-state index contributed by atoms with van der Waals surface area (Å²) in [6.45, 7) is 0. The predicted octanol–water partition coefficient (Wildman–Crippen LogP) is 2.18. The van der Waals surface area contributed by atoms with Gasteiger partial charge in [0, 0.05) is 23.1 Å². The Balaban J connectivity index is 1.81. The lowest BCUT2D eigenvalue weighted by Gasteiger charge is -2.00. The van der Waals surface area contributed by atoms with Gasteiger partial charge in [0.2, 0.25) is 0 Å². The fraction of sp³-hybridized carbons (Fsp3) is 0.0556. The monoisotopic (exact) mass is 350 g/mol. The van der Waals surface area contributed by atoms with Crippen molar-refractivity contribution >= 4 is 28.2 Å². The van der Waals surface area contributed by atoms with E-state index in [9.17, 15) is 15.0 Å². The van der Waals surface area contributed by atoms with E-state index in [1.807, 2.05) is 6.07 Å². The third kappa shape index (κ3) is 2.53. The number of hydrogen-bond acceptors (Lipinski definition) is 6. The van der Waals surface area contributed by atoms with Crippen molar-refractivity contribution in [1.82, 2.24) is 14.6 Å². The molecule has 0 saturated heterocycles. The fourth-order valence-electron chi connectivity index (χ4n) is 2.70. The van der Waals surface area contributed by atoms with Gasteiger partial charge in [0.1, 0.15) is 34.6 Å². The molecule has 4 aromatic rings. The SMILES string of the molecule is COc1ccc2c(c1)[nH]c1c(=O)n(/N=C\c3ccc(O)cc3O)cnc12. The molecule has 130 valence electrons. The molecule has 0 aliphatic rings. The van der Waals surface area contributed by atoms with Gasteiger partial charge in [-0.05, 0) is 24.3 Å². The highest BCUT2D eigenvalue weighted by Gasteiger charge is 2.11. The number of methoxy groups -OCH3 is 1. The summed E-state index contributed by atoms with van der Waals surface area (Å²) in [5.41, 5.74) is 1.59. The van der Waals surface area contributed by atoms with E-state index in [0.717, 1.165) is 15.6 Å². The number of nitrogens with one attached hydrogen (secondary N) is 1. The van der Waals surface area contributed by atoms with Gasteiger partial charge in [0.15, 0.2) is 0 Å². The summed E-state index contributed by atoms with van der Waals surface area (Å²) in [4.78, 5) is 20.0. The molecule has 8 heteroatoms. The summed E-state index contributed by atoms with van der Waals surface area (Å²) in [6, 6.07) is 9.52. The van der Waals surface area contributed by atoms with Gasteiger partial charge in [-0.25, -0.2) is 4.98 Å². The average molecular weight is 350 g/mol. The van der Waals surface area contributed by atoms with Gasteiger partial charge < -0.3 is 19.9 Å².